The van der Waals surface area contributed by atoms with Crippen molar-refractivity contribution in [1.29, 1.82) is 0 Å². The van der Waals surface area contributed by atoms with Gasteiger partial charge in [-0.1, -0.05) is 17.7 Å². The molecule has 2 aliphatic heterocycles. The average Bonchev–Trinajstić information content (AvgIpc) is 3.39. The van der Waals surface area contributed by atoms with Crippen LogP contribution in [-0.2, 0) is 10.0 Å². The van der Waals surface area contributed by atoms with Crippen LogP contribution < -0.4 is 14.2 Å². The second kappa shape index (κ2) is 8.43. The zero-order valence-corrected chi connectivity index (χ0v) is 17.6. The number of aromatic carboxylic acids is 1. The Balaban J connectivity index is 1.59. The van der Waals surface area contributed by atoms with E-state index in [2.05, 4.69) is 9.62 Å². The largest absolute Gasteiger partial charge is 0.478 e. The first-order chi connectivity index (χ1) is 14.3. The molecule has 1 atom stereocenters. The summed E-state index contributed by atoms with van der Waals surface area (Å²) in [5.74, 6) is 0.0759. The highest BCUT2D eigenvalue weighted by molar-refractivity contribution is 7.89. The van der Waals surface area contributed by atoms with Crippen molar-refractivity contribution in [1.82, 2.24) is 9.62 Å². The second-order valence-corrected chi connectivity index (χ2v) is 9.32. The summed E-state index contributed by atoms with van der Waals surface area (Å²) < 4.78 is 39.3. The smallest absolute Gasteiger partial charge is 0.335 e. The van der Waals surface area contributed by atoms with Gasteiger partial charge in [0.05, 0.1) is 10.6 Å². The normalized spacial score (nSPS) is 17.2. The number of ether oxygens (including phenoxy) is 2. The number of fused-ring (bicyclic) bond motifs is 1. The Morgan fingerprint density at radius 1 is 1.13 bits per heavy atom. The maximum Gasteiger partial charge on any atom is 0.335 e. The third-order valence-electron chi connectivity index (χ3n) is 5.30. The molecule has 1 saturated heterocycles. The van der Waals surface area contributed by atoms with Crippen molar-refractivity contribution in [2.24, 2.45) is 0 Å². The van der Waals surface area contributed by atoms with E-state index in [-0.39, 0.29) is 34.9 Å². The molecule has 0 saturated carbocycles. The van der Waals surface area contributed by atoms with Crippen molar-refractivity contribution < 1.29 is 27.8 Å². The van der Waals surface area contributed by atoms with Crippen LogP contribution in [0, 0.1) is 0 Å². The molecule has 2 aromatic rings. The number of rotatable bonds is 7. The lowest BCUT2D eigenvalue weighted by molar-refractivity contribution is 0.0696. The van der Waals surface area contributed by atoms with Gasteiger partial charge in [0, 0.05) is 12.6 Å². The van der Waals surface area contributed by atoms with Gasteiger partial charge in [-0.05, 0) is 61.8 Å². The fourth-order valence-electron chi connectivity index (χ4n) is 3.74. The van der Waals surface area contributed by atoms with E-state index in [1.165, 1.54) is 12.1 Å². The molecule has 1 unspecified atom stereocenters. The van der Waals surface area contributed by atoms with Gasteiger partial charge in [0.2, 0.25) is 16.8 Å². The molecule has 0 aromatic heterocycles. The van der Waals surface area contributed by atoms with Crippen LogP contribution in [0.15, 0.2) is 41.3 Å². The molecular weight excluding hydrogens is 432 g/mol. The highest BCUT2D eigenvalue weighted by Crippen LogP contribution is 2.36. The van der Waals surface area contributed by atoms with Gasteiger partial charge in [0.15, 0.2) is 11.5 Å². The van der Waals surface area contributed by atoms with E-state index < -0.39 is 16.0 Å². The lowest BCUT2D eigenvalue weighted by atomic mass is 10.1. The summed E-state index contributed by atoms with van der Waals surface area (Å²) in [6, 6.07) is 9.00. The molecule has 0 aliphatic carbocycles. The van der Waals surface area contributed by atoms with Crippen molar-refractivity contribution in [2.45, 2.75) is 23.8 Å². The van der Waals surface area contributed by atoms with E-state index in [9.17, 15) is 13.2 Å². The monoisotopic (exact) mass is 452 g/mol. The highest BCUT2D eigenvalue weighted by atomic mass is 35.5. The SMILES string of the molecule is O=C(O)c1ccc(Cl)c(S(=O)(=O)NCC(c2ccc3c(c2)OCO3)N2CCCC2)c1. The van der Waals surface area contributed by atoms with E-state index >= 15 is 0 Å². The van der Waals surface area contributed by atoms with Crippen LogP contribution in [0.4, 0.5) is 0 Å². The molecular formula is C20H21ClN2O6S. The van der Waals surface area contributed by atoms with E-state index in [0.717, 1.165) is 37.6 Å². The van der Waals surface area contributed by atoms with Gasteiger partial charge < -0.3 is 14.6 Å². The first-order valence-corrected chi connectivity index (χ1v) is 11.4. The average molecular weight is 453 g/mol. The zero-order chi connectivity index (χ0) is 21.3. The molecule has 2 N–H and O–H groups in total. The standard InChI is InChI=1S/C20H21ClN2O6S/c21-15-5-3-14(20(24)25)10-19(15)30(26,27)22-11-16(23-7-1-2-8-23)13-4-6-17-18(9-13)29-12-28-17/h3-6,9-10,16,22H,1-2,7-8,11-12H2,(H,24,25). The van der Waals surface area contributed by atoms with Crippen LogP contribution in [0.3, 0.4) is 0 Å². The molecule has 0 bridgehead atoms. The number of likely N-dealkylation sites (tertiary alicyclic amines) is 1. The number of hydrogen-bond donors (Lipinski definition) is 2. The highest BCUT2D eigenvalue weighted by Gasteiger charge is 2.28. The molecule has 10 heteroatoms. The van der Waals surface area contributed by atoms with Gasteiger partial charge in [-0.25, -0.2) is 17.9 Å². The molecule has 1 fully saturated rings. The van der Waals surface area contributed by atoms with Crippen LogP contribution in [0.1, 0.15) is 34.8 Å². The predicted octanol–water partition coefficient (Wildman–Crippen LogP) is 2.88. The van der Waals surface area contributed by atoms with Gasteiger partial charge in [0.1, 0.15) is 4.90 Å². The summed E-state index contributed by atoms with van der Waals surface area (Å²) in [5.41, 5.74) is 0.765. The predicted molar refractivity (Wildman–Crippen MR) is 110 cm³/mol. The summed E-state index contributed by atoms with van der Waals surface area (Å²) in [5, 5.41) is 9.13. The van der Waals surface area contributed by atoms with Crippen LogP contribution in [0.25, 0.3) is 0 Å². The first kappa shape index (κ1) is 20.9. The Bertz CT molecular complexity index is 1070. The van der Waals surface area contributed by atoms with Crippen LogP contribution >= 0.6 is 11.6 Å². The third-order valence-corrected chi connectivity index (χ3v) is 7.20. The van der Waals surface area contributed by atoms with E-state index in [1.807, 2.05) is 18.2 Å². The summed E-state index contributed by atoms with van der Waals surface area (Å²) in [7, 11) is -4.02. The number of nitrogens with zero attached hydrogens (tertiary/aromatic N) is 1. The van der Waals surface area contributed by atoms with E-state index in [0.29, 0.717) is 11.5 Å². The quantitative estimate of drug-likeness (QED) is 0.665. The minimum absolute atomic E-state index is 0.0340. The number of halogens is 1. The number of carboxylic acids is 1. The Kier molecular flexibility index (Phi) is 5.88. The minimum atomic E-state index is -4.02. The lowest BCUT2D eigenvalue weighted by Crippen LogP contribution is -2.37. The number of carbonyl (C=O) groups is 1. The Morgan fingerprint density at radius 2 is 1.87 bits per heavy atom. The summed E-state index contributed by atoms with van der Waals surface area (Å²) in [4.78, 5) is 13.2. The van der Waals surface area contributed by atoms with Crippen molar-refractivity contribution in [3.05, 3.63) is 52.5 Å². The topological polar surface area (TPSA) is 105 Å². The Morgan fingerprint density at radius 3 is 2.60 bits per heavy atom. The second-order valence-electron chi connectivity index (χ2n) is 7.17. The molecule has 2 aliphatic rings. The zero-order valence-electron chi connectivity index (χ0n) is 16.0. The fourth-order valence-corrected chi connectivity index (χ4v) is 5.30. The number of hydrogen-bond acceptors (Lipinski definition) is 6. The summed E-state index contributed by atoms with van der Waals surface area (Å²) in [6.07, 6.45) is 2.08. The molecule has 30 heavy (non-hydrogen) atoms. The molecule has 4 rings (SSSR count). The van der Waals surface area contributed by atoms with Crippen molar-refractivity contribution in [2.75, 3.05) is 26.4 Å². The maximum absolute atomic E-state index is 12.9. The van der Waals surface area contributed by atoms with Gasteiger partial charge >= 0.3 is 5.97 Å². The fraction of sp³-hybridized carbons (Fsp3) is 0.350. The summed E-state index contributed by atoms with van der Waals surface area (Å²) in [6.45, 7) is 1.99. The van der Waals surface area contributed by atoms with Crippen LogP contribution in [0.5, 0.6) is 11.5 Å². The van der Waals surface area contributed by atoms with Crippen LogP contribution in [0.2, 0.25) is 5.02 Å². The minimum Gasteiger partial charge on any atom is -0.478 e. The number of sulfonamides is 1. The number of carboxylic acid groups (broad SMARTS) is 1. The third kappa shape index (κ3) is 4.24. The maximum atomic E-state index is 12.9. The molecule has 0 spiro atoms. The number of nitrogens with one attached hydrogen (secondary N) is 1. The molecule has 0 radical (unpaired) electrons. The van der Waals surface area contributed by atoms with Gasteiger partial charge in [-0.15, -0.1) is 0 Å². The molecule has 2 aromatic carbocycles. The lowest BCUT2D eigenvalue weighted by Gasteiger charge is -2.28. The van der Waals surface area contributed by atoms with Crippen LogP contribution in [-0.4, -0.2) is 50.8 Å². The van der Waals surface area contributed by atoms with Gasteiger partial charge in [-0.3, -0.25) is 4.90 Å². The Hall–Kier alpha value is -2.33. The Labute approximate surface area is 179 Å². The van der Waals surface area contributed by atoms with E-state index in [4.69, 9.17) is 26.2 Å². The van der Waals surface area contributed by atoms with Crippen molar-refractivity contribution in [3.63, 3.8) is 0 Å². The van der Waals surface area contributed by atoms with Crippen molar-refractivity contribution >= 4 is 27.6 Å². The van der Waals surface area contributed by atoms with Gasteiger partial charge in [-0.2, -0.15) is 0 Å². The molecule has 0 amide bonds. The molecule has 2 heterocycles. The number of benzene rings is 2. The van der Waals surface area contributed by atoms with Crippen molar-refractivity contribution in [3.8, 4) is 11.5 Å². The van der Waals surface area contributed by atoms with Gasteiger partial charge in [0.25, 0.3) is 0 Å². The van der Waals surface area contributed by atoms with E-state index in [1.54, 1.807) is 0 Å². The first-order valence-electron chi connectivity index (χ1n) is 9.51. The molecule has 160 valence electrons. The molecule has 8 nitrogen and oxygen atoms in total. The summed E-state index contributed by atoms with van der Waals surface area (Å²) >= 11 is 6.06.